The molecule has 0 aliphatic carbocycles. The van der Waals surface area contributed by atoms with Gasteiger partial charge in [-0.3, -0.25) is 19.3 Å². The molecule has 0 saturated carbocycles. The number of nitrogen functional groups attached to an aromatic ring is 1. The number of nitrogens with two attached hydrogens (primary N) is 1. The summed E-state index contributed by atoms with van der Waals surface area (Å²) in [5.74, 6) is 1.71. The maximum absolute atomic E-state index is 12.7. The van der Waals surface area contributed by atoms with Crippen molar-refractivity contribution in [1.29, 1.82) is 0 Å². The van der Waals surface area contributed by atoms with Crippen molar-refractivity contribution >= 4 is 24.1 Å². The molecule has 2 amide bonds. The summed E-state index contributed by atoms with van der Waals surface area (Å²) < 4.78 is 0. The standard InChI is InChI=1S/C20H29N5O2.CH2O2/c1-13(26)23-9-18-16-8-15(17-5-2-6-19(27)25(17)18)11-24(12-16)10-14-4-3-7-22-20(14)21;2-1-3/h3-4,7,15-18H,2,5-6,8-12H2,1H3,(H2,21,22)(H,23,26);1H,(H,2,3)/t15-,16+,17+,18+;/m1./s1. The first-order valence-corrected chi connectivity index (χ1v) is 10.5. The van der Waals surface area contributed by atoms with E-state index in [1.54, 1.807) is 13.1 Å². The van der Waals surface area contributed by atoms with Gasteiger partial charge in [-0.15, -0.1) is 0 Å². The van der Waals surface area contributed by atoms with Gasteiger partial charge in [-0.25, -0.2) is 4.98 Å². The van der Waals surface area contributed by atoms with Crippen LogP contribution in [0.25, 0.3) is 0 Å². The molecule has 4 atom stereocenters. The highest BCUT2D eigenvalue weighted by Gasteiger charge is 2.49. The number of anilines is 1. The number of piperidine rings is 3. The number of carboxylic acid groups (broad SMARTS) is 1. The molecule has 9 heteroatoms. The predicted molar refractivity (Wildman–Crippen MR) is 111 cm³/mol. The van der Waals surface area contributed by atoms with Crippen LogP contribution in [0.3, 0.4) is 0 Å². The monoisotopic (exact) mass is 417 g/mol. The van der Waals surface area contributed by atoms with Gasteiger partial charge in [0.05, 0.1) is 6.04 Å². The van der Waals surface area contributed by atoms with E-state index in [0.29, 0.717) is 36.7 Å². The number of nitrogens with one attached hydrogen (secondary N) is 1. The van der Waals surface area contributed by atoms with Gasteiger partial charge in [-0.2, -0.15) is 0 Å². The van der Waals surface area contributed by atoms with Crippen molar-refractivity contribution in [2.45, 2.75) is 51.2 Å². The highest BCUT2D eigenvalue weighted by atomic mass is 16.3. The molecule has 2 bridgehead atoms. The van der Waals surface area contributed by atoms with Crippen LogP contribution in [0.4, 0.5) is 5.82 Å². The number of likely N-dealkylation sites (tertiary alicyclic amines) is 1. The van der Waals surface area contributed by atoms with Crippen LogP contribution in [0.2, 0.25) is 0 Å². The second-order valence-corrected chi connectivity index (χ2v) is 8.37. The fourth-order valence-electron chi connectivity index (χ4n) is 5.34. The SMILES string of the molecule is CC(=O)NC[C@H]1[C@H]2C[C@H](CN(Cc3cccnc3N)C2)[C@@H]2CCCC(=O)N21.O=CO. The van der Waals surface area contributed by atoms with Crippen LogP contribution in [0.1, 0.15) is 38.2 Å². The number of aromatic nitrogens is 1. The van der Waals surface area contributed by atoms with Crippen LogP contribution >= 0.6 is 0 Å². The summed E-state index contributed by atoms with van der Waals surface area (Å²) in [6.45, 7) is 4.55. The lowest BCUT2D eigenvalue weighted by atomic mass is 9.72. The van der Waals surface area contributed by atoms with Crippen molar-refractivity contribution in [3.63, 3.8) is 0 Å². The second-order valence-electron chi connectivity index (χ2n) is 8.37. The van der Waals surface area contributed by atoms with Gasteiger partial charge in [0, 0.05) is 57.3 Å². The number of rotatable bonds is 4. The minimum atomic E-state index is -0.250. The zero-order valence-electron chi connectivity index (χ0n) is 17.4. The Kier molecular flexibility index (Phi) is 7.25. The average molecular weight is 418 g/mol. The van der Waals surface area contributed by atoms with E-state index in [1.807, 2.05) is 12.1 Å². The van der Waals surface area contributed by atoms with Gasteiger partial charge in [0.15, 0.2) is 0 Å². The molecule has 4 rings (SSSR count). The minimum Gasteiger partial charge on any atom is -0.483 e. The zero-order valence-corrected chi connectivity index (χ0v) is 17.4. The van der Waals surface area contributed by atoms with Gasteiger partial charge in [-0.1, -0.05) is 6.07 Å². The smallest absolute Gasteiger partial charge is 0.290 e. The molecular weight excluding hydrogens is 386 g/mol. The van der Waals surface area contributed by atoms with Crippen molar-refractivity contribution in [2.75, 3.05) is 25.4 Å². The maximum Gasteiger partial charge on any atom is 0.290 e. The number of hydrogen-bond donors (Lipinski definition) is 3. The van der Waals surface area contributed by atoms with Crippen molar-refractivity contribution in [3.8, 4) is 0 Å². The van der Waals surface area contributed by atoms with Gasteiger partial charge >= 0.3 is 0 Å². The molecule has 3 saturated heterocycles. The molecule has 9 nitrogen and oxygen atoms in total. The Bertz CT molecular complexity index is 774. The highest BCUT2D eigenvalue weighted by molar-refractivity contribution is 5.78. The number of fused-ring (bicyclic) bond motifs is 4. The number of pyridine rings is 1. The molecule has 4 heterocycles. The summed E-state index contributed by atoms with van der Waals surface area (Å²) in [6.07, 6.45) is 5.55. The third-order valence-electron chi connectivity index (χ3n) is 6.45. The maximum atomic E-state index is 12.7. The fraction of sp³-hybridized carbons (Fsp3) is 0.619. The molecule has 164 valence electrons. The van der Waals surface area contributed by atoms with Crippen molar-refractivity contribution in [2.24, 2.45) is 11.8 Å². The van der Waals surface area contributed by atoms with Crippen LogP contribution in [-0.2, 0) is 20.9 Å². The van der Waals surface area contributed by atoms with Gasteiger partial charge in [0.2, 0.25) is 11.8 Å². The quantitative estimate of drug-likeness (QED) is 0.615. The fourth-order valence-corrected chi connectivity index (χ4v) is 5.34. The number of hydrogen-bond acceptors (Lipinski definition) is 6. The topological polar surface area (TPSA) is 129 Å². The van der Waals surface area contributed by atoms with Crippen LogP contribution in [0.5, 0.6) is 0 Å². The van der Waals surface area contributed by atoms with Crippen molar-refractivity contribution in [1.82, 2.24) is 20.1 Å². The van der Waals surface area contributed by atoms with E-state index in [4.69, 9.17) is 15.6 Å². The Morgan fingerprint density at radius 1 is 1.40 bits per heavy atom. The van der Waals surface area contributed by atoms with Crippen LogP contribution < -0.4 is 11.1 Å². The predicted octanol–water partition coefficient (Wildman–Crippen LogP) is 0.702. The first-order chi connectivity index (χ1) is 14.4. The lowest BCUT2D eigenvalue weighted by molar-refractivity contribution is -0.153. The second kappa shape index (κ2) is 9.88. The van der Waals surface area contributed by atoms with E-state index < -0.39 is 0 Å². The lowest BCUT2D eigenvalue weighted by Gasteiger charge is -2.56. The third-order valence-corrected chi connectivity index (χ3v) is 6.45. The van der Waals surface area contributed by atoms with Crippen LogP contribution in [-0.4, -0.2) is 69.9 Å². The Hall–Kier alpha value is -2.68. The average Bonchev–Trinajstić information content (AvgIpc) is 2.70. The van der Waals surface area contributed by atoms with Gasteiger partial charge < -0.3 is 21.1 Å². The van der Waals surface area contributed by atoms with E-state index >= 15 is 0 Å². The first-order valence-electron chi connectivity index (χ1n) is 10.5. The highest BCUT2D eigenvalue weighted by Crippen LogP contribution is 2.41. The number of nitrogens with zero attached hydrogens (tertiary/aromatic N) is 3. The zero-order chi connectivity index (χ0) is 21.7. The molecule has 4 N–H and O–H groups in total. The van der Waals surface area contributed by atoms with Crippen LogP contribution in [0, 0.1) is 11.8 Å². The largest absolute Gasteiger partial charge is 0.483 e. The molecule has 0 spiro atoms. The molecule has 30 heavy (non-hydrogen) atoms. The Balaban J connectivity index is 0.000000806. The summed E-state index contributed by atoms with van der Waals surface area (Å²) in [5.41, 5.74) is 7.11. The molecule has 0 radical (unpaired) electrons. The summed E-state index contributed by atoms with van der Waals surface area (Å²) in [6, 6.07) is 4.36. The molecular formula is C21H31N5O4. The number of amides is 2. The molecule has 3 aliphatic heterocycles. The lowest BCUT2D eigenvalue weighted by Crippen LogP contribution is -2.66. The van der Waals surface area contributed by atoms with Gasteiger partial charge in [0.1, 0.15) is 5.82 Å². The van der Waals surface area contributed by atoms with E-state index in [-0.39, 0.29) is 24.3 Å². The molecule has 3 aliphatic rings. The van der Waals surface area contributed by atoms with E-state index in [0.717, 1.165) is 44.5 Å². The van der Waals surface area contributed by atoms with Crippen LogP contribution in [0.15, 0.2) is 18.3 Å². The molecule has 0 aromatic carbocycles. The molecule has 3 fully saturated rings. The minimum absolute atomic E-state index is 0.0334. The normalized spacial score (nSPS) is 28.0. The van der Waals surface area contributed by atoms with Crippen molar-refractivity contribution in [3.05, 3.63) is 23.9 Å². The number of carbonyl (C=O) groups excluding carboxylic acids is 2. The summed E-state index contributed by atoms with van der Waals surface area (Å²) in [4.78, 5) is 41.4. The Morgan fingerprint density at radius 2 is 2.13 bits per heavy atom. The Morgan fingerprint density at radius 3 is 2.83 bits per heavy atom. The van der Waals surface area contributed by atoms with Gasteiger partial charge in [0.25, 0.3) is 6.47 Å². The first kappa shape index (κ1) is 22.0. The molecule has 1 aromatic rings. The van der Waals surface area contributed by atoms with E-state index in [2.05, 4.69) is 20.1 Å². The molecule has 0 unspecified atom stereocenters. The van der Waals surface area contributed by atoms with E-state index in [9.17, 15) is 9.59 Å². The number of carbonyl (C=O) groups is 3. The summed E-state index contributed by atoms with van der Waals surface area (Å²) >= 11 is 0. The molecule has 1 aromatic heterocycles. The Labute approximate surface area is 176 Å². The third kappa shape index (κ3) is 4.89. The van der Waals surface area contributed by atoms with Gasteiger partial charge in [-0.05, 0) is 37.2 Å². The van der Waals surface area contributed by atoms with Crippen molar-refractivity contribution < 1.29 is 19.5 Å². The summed E-state index contributed by atoms with van der Waals surface area (Å²) in [5, 5.41) is 9.85. The van der Waals surface area contributed by atoms with E-state index in [1.165, 1.54) is 0 Å². The summed E-state index contributed by atoms with van der Waals surface area (Å²) in [7, 11) is 0.